The third-order valence-electron chi connectivity index (χ3n) is 5.18. The summed E-state index contributed by atoms with van der Waals surface area (Å²) in [5.74, 6) is 0. The summed E-state index contributed by atoms with van der Waals surface area (Å²) in [6.07, 6.45) is 3.77. The van der Waals surface area contributed by atoms with Crippen molar-refractivity contribution in [3.63, 3.8) is 0 Å². The minimum Gasteiger partial charge on any atom is -0.387 e. The van der Waals surface area contributed by atoms with Gasteiger partial charge in [0.05, 0.1) is 12.2 Å². The molecule has 1 aromatic carbocycles. The lowest BCUT2D eigenvalue weighted by atomic mass is 10.1. The van der Waals surface area contributed by atoms with E-state index in [1.165, 1.54) is 19.3 Å². The second kappa shape index (κ2) is 8.25. The summed E-state index contributed by atoms with van der Waals surface area (Å²) in [5.41, 5.74) is 1.01. The van der Waals surface area contributed by atoms with Crippen molar-refractivity contribution in [2.24, 2.45) is 0 Å². The number of β-amino-alcohol motifs (C(OH)–C–C–N with tert-alkyl or cyclic N) is 1. The molecule has 1 N–H and O–H groups in total. The molecule has 4 nitrogen and oxygen atoms in total. The van der Waals surface area contributed by atoms with E-state index in [2.05, 4.69) is 16.7 Å². The van der Waals surface area contributed by atoms with Gasteiger partial charge in [-0.3, -0.25) is 9.80 Å². The number of hydrogen-bond donors (Lipinski definition) is 1. The topological polar surface area (TPSA) is 35.9 Å². The lowest BCUT2D eigenvalue weighted by molar-refractivity contribution is -0.0259. The van der Waals surface area contributed by atoms with Gasteiger partial charge in [-0.1, -0.05) is 30.3 Å². The van der Waals surface area contributed by atoms with Crippen molar-refractivity contribution in [2.45, 2.75) is 44.4 Å². The summed E-state index contributed by atoms with van der Waals surface area (Å²) in [6.45, 7) is 8.16. The average Bonchev–Trinajstić information content (AvgIpc) is 2.59. The van der Waals surface area contributed by atoms with Crippen LogP contribution < -0.4 is 0 Å². The van der Waals surface area contributed by atoms with Gasteiger partial charge in [-0.15, -0.1) is 0 Å². The minimum atomic E-state index is -0.396. The third-order valence-corrected chi connectivity index (χ3v) is 5.18. The number of benzene rings is 1. The lowest BCUT2D eigenvalue weighted by Crippen LogP contribution is -2.54. The first-order valence-electron chi connectivity index (χ1n) is 9.03. The second-order valence-corrected chi connectivity index (χ2v) is 7.02. The number of hydrogen-bond acceptors (Lipinski definition) is 4. The van der Waals surface area contributed by atoms with Gasteiger partial charge in [0.25, 0.3) is 0 Å². The Bertz CT molecular complexity index is 462. The first-order chi connectivity index (χ1) is 11.2. The van der Waals surface area contributed by atoms with E-state index >= 15 is 0 Å². The van der Waals surface area contributed by atoms with Crippen LogP contribution in [-0.4, -0.2) is 66.4 Å². The lowest BCUT2D eigenvalue weighted by Gasteiger charge is -2.42. The molecule has 2 fully saturated rings. The highest BCUT2D eigenvalue weighted by molar-refractivity contribution is 5.17. The van der Waals surface area contributed by atoms with Crippen LogP contribution in [0.2, 0.25) is 0 Å². The first kappa shape index (κ1) is 16.9. The van der Waals surface area contributed by atoms with Crippen LogP contribution in [0.1, 0.15) is 37.9 Å². The van der Waals surface area contributed by atoms with E-state index in [-0.39, 0.29) is 0 Å². The van der Waals surface area contributed by atoms with Crippen LogP contribution in [0.4, 0.5) is 0 Å². The van der Waals surface area contributed by atoms with Crippen LogP contribution in [0.25, 0.3) is 0 Å². The van der Waals surface area contributed by atoms with Gasteiger partial charge in [0, 0.05) is 45.4 Å². The molecule has 2 heterocycles. The Balaban J connectivity index is 1.46. The van der Waals surface area contributed by atoms with Crippen molar-refractivity contribution < 1.29 is 9.84 Å². The number of rotatable bonds is 5. The molecule has 128 valence electrons. The van der Waals surface area contributed by atoms with Crippen molar-refractivity contribution in [3.05, 3.63) is 35.9 Å². The molecule has 0 saturated carbocycles. The molecule has 0 aromatic heterocycles. The summed E-state index contributed by atoms with van der Waals surface area (Å²) < 4.78 is 5.87. The van der Waals surface area contributed by atoms with Crippen molar-refractivity contribution >= 4 is 0 Å². The molecule has 0 amide bonds. The molecule has 2 aliphatic rings. The van der Waals surface area contributed by atoms with Gasteiger partial charge in [-0.25, -0.2) is 0 Å². The highest BCUT2D eigenvalue weighted by atomic mass is 16.5. The Morgan fingerprint density at radius 2 is 2.04 bits per heavy atom. The molecule has 0 radical (unpaired) electrons. The van der Waals surface area contributed by atoms with Gasteiger partial charge in [0.1, 0.15) is 0 Å². The van der Waals surface area contributed by atoms with Gasteiger partial charge in [0.2, 0.25) is 0 Å². The minimum absolute atomic E-state index is 0.396. The van der Waals surface area contributed by atoms with E-state index in [1.807, 2.05) is 30.3 Å². The van der Waals surface area contributed by atoms with Gasteiger partial charge in [-0.05, 0) is 31.7 Å². The van der Waals surface area contributed by atoms with Crippen LogP contribution in [0.5, 0.6) is 0 Å². The molecule has 0 bridgehead atoms. The number of nitrogens with zero attached hydrogens (tertiary/aromatic N) is 2. The van der Waals surface area contributed by atoms with Gasteiger partial charge in [-0.2, -0.15) is 0 Å². The second-order valence-electron chi connectivity index (χ2n) is 7.02. The zero-order valence-corrected chi connectivity index (χ0v) is 14.2. The molecule has 3 atom stereocenters. The van der Waals surface area contributed by atoms with Crippen molar-refractivity contribution in [1.82, 2.24) is 9.80 Å². The van der Waals surface area contributed by atoms with Gasteiger partial charge >= 0.3 is 0 Å². The first-order valence-corrected chi connectivity index (χ1v) is 9.03. The normalized spacial score (nSPS) is 28.6. The van der Waals surface area contributed by atoms with E-state index in [1.54, 1.807) is 0 Å². The molecule has 0 spiro atoms. The van der Waals surface area contributed by atoms with Gasteiger partial charge in [0.15, 0.2) is 0 Å². The predicted octanol–water partition coefficient (Wildman–Crippen LogP) is 2.30. The Kier molecular flexibility index (Phi) is 6.06. The molecule has 23 heavy (non-hydrogen) atoms. The van der Waals surface area contributed by atoms with E-state index in [4.69, 9.17) is 4.74 Å². The number of piperazine rings is 1. The SMILES string of the molecule is C[C@@H]1CN(C[C@H]2CCCCO2)CCN1C[C@H](O)c1ccccc1. The highest BCUT2D eigenvalue weighted by Gasteiger charge is 2.27. The van der Waals surface area contributed by atoms with E-state index < -0.39 is 6.10 Å². The fourth-order valence-electron chi connectivity index (χ4n) is 3.75. The van der Waals surface area contributed by atoms with E-state index in [0.29, 0.717) is 12.1 Å². The van der Waals surface area contributed by atoms with Crippen LogP contribution in [0.15, 0.2) is 30.3 Å². The Morgan fingerprint density at radius 1 is 1.22 bits per heavy atom. The molecule has 3 rings (SSSR count). The molecular weight excluding hydrogens is 288 g/mol. The Labute approximate surface area is 140 Å². The molecule has 0 unspecified atom stereocenters. The largest absolute Gasteiger partial charge is 0.387 e. The monoisotopic (exact) mass is 318 g/mol. The van der Waals surface area contributed by atoms with Crippen LogP contribution in [0.3, 0.4) is 0 Å². The van der Waals surface area contributed by atoms with Crippen LogP contribution in [-0.2, 0) is 4.74 Å². The molecule has 0 aliphatic carbocycles. The number of ether oxygens (including phenoxy) is 1. The Morgan fingerprint density at radius 3 is 2.74 bits per heavy atom. The standard InChI is InChI=1S/C19H30N2O2/c1-16-13-20(14-18-9-5-6-12-23-18)10-11-21(16)15-19(22)17-7-3-2-4-8-17/h2-4,7-8,16,18-19,22H,5-6,9-15H2,1H3/t16-,18-,19+/m1/s1. The molecule has 1 aromatic rings. The molecule has 2 aliphatic heterocycles. The van der Waals surface area contributed by atoms with Crippen molar-refractivity contribution in [1.29, 1.82) is 0 Å². The summed E-state index contributed by atoms with van der Waals surface area (Å²) in [7, 11) is 0. The van der Waals surface area contributed by atoms with Crippen molar-refractivity contribution in [3.8, 4) is 0 Å². The van der Waals surface area contributed by atoms with Crippen molar-refractivity contribution in [2.75, 3.05) is 39.3 Å². The fraction of sp³-hybridized carbons (Fsp3) is 0.684. The zero-order valence-electron chi connectivity index (χ0n) is 14.2. The smallest absolute Gasteiger partial charge is 0.0917 e. The summed E-state index contributed by atoms with van der Waals surface area (Å²) in [5, 5.41) is 10.4. The Hall–Kier alpha value is -0.940. The van der Waals surface area contributed by atoms with Crippen LogP contribution in [0, 0.1) is 0 Å². The molecule has 2 saturated heterocycles. The maximum atomic E-state index is 10.4. The van der Waals surface area contributed by atoms with Gasteiger partial charge < -0.3 is 9.84 Å². The molecule has 4 heteroatoms. The van der Waals surface area contributed by atoms with E-state index in [0.717, 1.165) is 44.9 Å². The maximum absolute atomic E-state index is 10.4. The predicted molar refractivity (Wildman–Crippen MR) is 92.5 cm³/mol. The fourth-order valence-corrected chi connectivity index (χ4v) is 3.75. The summed E-state index contributed by atoms with van der Waals surface area (Å²) >= 11 is 0. The highest BCUT2D eigenvalue weighted by Crippen LogP contribution is 2.19. The quantitative estimate of drug-likeness (QED) is 0.904. The van der Waals surface area contributed by atoms with Crippen LogP contribution >= 0.6 is 0 Å². The third kappa shape index (κ3) is 4.77. The maximum Gasteiger partial charge on any atom is 0.0917 e. The summed E-state index contributed by atoms with van der Waals surface area (Å²) in [6, 6.07) is 10.5. The van der Waals surface area contributed by atoms with E-state index in [9.17, 15) is 5.11 Å². The summed E-state index contributed by atoms with van der Waals surface area (Å²) in [4.78, 5) is 4.95. The molecular formula is C19H30N2O2. The number of aliphatic hydroxyl groups is 1. The number of aliphatic hydroxyl groups excluding tert-OH is 1. The average molecular weight is 318 g/mol. The zero-order chi connectivity index (χ0) is 16.1.